The minimum atomic E-state index is -0.243. The van der Waals surface area contributed by atoms with Gasteiger partial charge in [-0.25, -0.2) is 0 Å². The molecule has 14 heavy (non-hydrogen) atoms. The summed E-state index contributed by atoms with van der Waals surface area (Å²) in [4.78, 5) is 11.1. The maximum Gasteiger partial charge on any atom is 0.256 e. The Bertz CT molecular complexity index is 335. The zero-order valence-electron chi connectivity index (χ0n) is 8.24. The molecule has 1 N–H and O–H groups in total. The first kappa shape index (κ1) is 11.0. The fraction of sp³-hybridized carbons (Fsp3) is 0.500. The van der Waals surface area contributed by atoms with Gasteiger partial charge in [-0.15, -0.1) is 5.10 Å². The maximum atomic E-state index is 11.3. The molecule has 0 spiro atoms. The van der Waals surface area contributed by atoms with Gasteiger partial charge < -0.3 is 10.1 Å². The summed E-state index contributed by atoms with van der Waals surface area (Å²) in [5.74, 6) is 0.283. The van der Waals surface area contributed by atoms with Gasteiger partial charge in [0.2, 0.25) is 5.91 Å². The van der Waals surface area contributed by atoms with Crippen LogP contribution in [0.1, 0.15) is 6.92 Å². The average molecular weight is 262 g/mol. The van der Waals surface area contributed by atoms with Gasteiger partial charge in [0, 0.05) is 7.05 Å². The summed E-state index contributed by atoms with van der Waals surface area (Å²) in [5.41, 5.74) is 0.575. The molecule has 1 aromatic rings. The molecule has 6 heteroatoms. The van der Waals surface area contributed by atoms with Crippen LogP contribution < -0.4 is 10.1 Å². The second-order valence-electron chi connectivity index (χ2n) is 2.83. The van der Waals surface area contributed by atoms with Gasteiger partial charge in [-0.05, 0) is 6.92 Å². The molecule has 0 aliphatic rings. The van der Waals surface area contributed by atoms with E-state index >= 15 is 0 Å². The lowest BCUT2D eigenvalue weighted by atomic mass is 10.4. The number of rotatable bonds is 3. The molecule has 0 unspecified atom stereocenters. The Labute approximate surface area is 90.6 Å². The smallest absolute Gasteiger partial charge is 0.256 e. The molecule has 0 aliphatic heterocycles. The van der Waals surface area contributed by atoms with E-state index in [1.807, 2.05) is 0 Å². The van der Waals surface area contributed by atoms with Crippen molar-refractivity contribution < 1.29 is 9.53 Å². The summed E-state index contributed by atoms with van der Waals surface area (Å²) in [7, 11) is 3.27. The van der Waals surface area contributed by atoms with E-state index in [2.05, 4.69) is 26.3 Å². The van der Waals surface area contributed by atoms with E-state index in [0.29, 0.717) is 11.6 Å². The van der Waals surface area contributed by atoms with Gasteiger partial charge in [-0.3, -0.25) is 9.48 Å². The minimum absolute atomic E-state index is 0.128. The monoisotopic (exact) mass is 261 g/mol. The third-order valence-electron chi connectivity index (χ3n) is 1.61. The molecule has 0 radical (unpaired) electrons. The number of carbonyl (C=O) groups is 1. The molecule has 0 saturated heterocycles. The quantitative estimate of drug-likeness (QED) is 0.831. The zero-order chi connectivity index (χ0) is 10.7. The lowest BCUT2D eigenvalue weighted by molar-refractivity contribution is -0.115. The van der Waals surface area contributed by atoms with Crippen molar-refractivity contribution in [3.05, 3.63) is 6.20 Å². The molecule has 1 rings (SSSR count). The van der Waals surface area contributed by atoms with Gasteiger partial charge in [0.1, 0.15) is 5.69 Å². The number of alkyl halides is 1. The van der Waals surface area contributed by atoms with Crippen LogP contribution in [0, 0.1) is 0 Å². The van der Waals surface area contributed by atoms with Crippen molar-refractivity contribution in [2.75, 3.05) is 12.4 Å². The lowest BCUT2D eigenvalue weighted by Gasteiger charge is -2.04. The van der Waals surface area contributed by atoms with Gasteiger partial charge in [-0.2, -0.15) is 0 Å². The number of hydrogen-bond acceptors (Lipinski definition) is 3. The van der Waals surface area contributed by atoms with Crippen molar-refractivity contribution >= 4 is 27.5 Å². The lowest BCUT2D eigenvalue weighted by Crippen LogP contribution is -2.19. The Morgan fingerprint density at radius 2 is 2.43 bits per heavy atom. The molecule has 0 aliphatic carbocycles. The number of nitrogens with zero attached hydrogens (tertiary/aromatic N) is 2. The van der Waals surface area contributed by atoms with Crippen LogP contribution in [0.15, 0.2) is 6.20 Å². The van der Waals surface area contributed by atoms with Crippen molar-refractivity contribution in [2.24, 2.45) is 7.05 Å². The van der Waals surface area contributed by atoms with E-state index < -0.39 is 0 Å². The molecule has 0 bridgehead atoms. The second-order valence-corrected chi connectivity index (χ2v) is 4.20. The van der Waals surface area contributed by atoms with E-state index in [9.17, 15) is 4.79 Å². The first-order valence-electron chi connectivity index (χ1n) is 4.07. The molecule has 78 valence electrons. The predicted octanol–water partition coefficient (Wildman–Crippen LogP) is 1.15. The minimum Gasteiger partial charge on any atom is -0.478 e. The van der Waals surface area contributed by atoms with Crippen LogP contribution >= 0.6 is 15.9 Å². The number of ether oxygens (including phenoxy) is 1. The Kier molecular flexibility index (Phi) is 3.51. The first-order chi connectivity index (χ1) is 6.54. The molecule has 1 amide bonds. The fourth-order valence-electron chi connectivity index (χ4n) is 0.937. The van der Waals surface area contributed by atoms with E-state index in [4.69, 9.17) is 4.74 Å². The summed E-state index contributed by atoms with van der Waals surface area (Å²) in [5, 5.41) is 6.69. The molecule has 1 aromatic heterocycles. The largest absolute Gasteiger partial charge is 0.478 e. The van der Waals surface area contributed by atoms with Crippen LogP contribution in [-0.2, 0) is 11.8 Å². The van der Waals surface area contributed by atoms with Crippen LogP contribution in [0.5, 0.6) is 5.88 Å². The van der Waals surface area contributed by atoms with Crippen LogP contribution in [0.3, 0.4) is 0 Å². The highest BCUT2D eigenvalue weighted by Gasteiger charge is 2.14. The summed E-state index contributed by atoms with van der Waals surface area (Å²) >= 11 is 3.17. The van der Waals surface area contributed by atoms with Crippen LogP contribution in [0.2, 0.25) is 0 Å². The molecule has 5 nitrogen and oxygen atoms in total. The number of aromatic nitrogens is 2. The van der Waals surface area contributed by atoms with E-state index in [1.165, 1.54) is 7.11 Å². The number of halogens is 1. The Hall–Kier alpha value is -1.04. The van der Waals surface area contributed by atoms with Gasteiger partial charge in [0.05, 0.1) is 18.1 Å². The molecule has 0 aromatic carbocycles. The van der Waals surface area contributed by atoms with Crippen molar-refractivity contribution in [3.63, 3.8) is 0 Å². The van der Waals surface area contributed by atoms with Crippen molar-refractivity contribution in [1.82, 2.24) is 9.78 Å². The van der Waals surface area contributed by atoms with Gasteiger partial charge >= 0.3 is 0 Å². The van der Waals surface area contributed by atoms with Crippen LogP contribution in [-0.4, -0.2) is 27.6 Å². The zero-order valence-corrected chi connectivity index (χ0v) is 9.83. The number of hydrogen-bond donors (Lipinski definition) is 1. The number of amides is 1. The van der Waals surface area contributed by atoms with E-state index in [0.717, 1.165) is 0 Å². The molecular weight excluding hydrogens is 250 g/mol. The third-order valence-corrected chi connectivity index (χ3v) is 2.02. The van der Waals surface area contributed by atoms with Gasteiger partial charge in [0.25, 0.3) is 5.88 Å². The third kappa shape index (κ3) is 2.47. The highest BCUT2D eigenvalue weighted by atomic mass is 79.9. The predicted molar refractivity (Wildman–Crippen MR) is 56.8 cm³/mol. The van der Waals surface area contributed by atoms with Crippen molar-refractivity contribution in [1.29, 1.82) is 0 Å². The Morgan fingerprint density at radius 3 is 2.93 bits per heavy atom. The molecule has 0 fully saturated rings. The van der Waals surface area contributed by atoms with E-state index in [-0.39, 0.29) is 10.7 Å². The Morgan fingerprint density at radius 1 is 1.79 bits per heavy atom. The summed E-state index contributed by atoms with van der Waals surface area (Å²) in [6.07, 6.45) is 1.69. The normalized spacial score (nSPS) is 12.3. The summed E-state index contributed by atoms with van der Waals surface area (Å²) in [6.45, 7) is 1.75. The molecular formula is C8H12BrN3O2. The van der Waals surface area contributed by atoms with Crippen LogP contribution in [0.4, 0.5) is 5.69 Å². The highest BCUT2D eigenvalue weighted by molar-refractivity contribution is 9.10. The van der Waals surface area contributed by atoms with Gasteiger partial charge in [-0.1, -0.05) is 15.9 Å². The standard InChI is InChI=1S/C8H12BrN3O2/c1-5(9)7(13)10-6-4-12(2)11-8(6)14-3/h4-5H,1-3H3,(H,10,13)/t5-/m0/s1. The van der Waals surface area contributed by atoms with Crippen molar-refractivity contribution in [3.8, 4) is 5.88 Å². The first-order valence-corrected chi connectivity index (χ1v) is 4.98. The number of methoxy groups -OCH3 is 1. The summed E-state index contributed by atoms with van der Waals surface area (Å²) in [6, 6.07) is 0. The number of nitrogens with one attached hydrogen (secondary N) is 1. The summed E-state index contributed by atoms with van der Waals surface area (Å²) < 4.78 is 6.56. The number of aryl methyl sites for hydroxylation is 1. The van der Waals surface area contributed by atoms with E-state index in [1.54, 1.807) is 24.9 Å². The van der Waals surface area contributed by atoms with Crippen molar-refractivity contribution in [2.45, 2.75) is 11.8 Å². The number of anilines is 1. The average Bonchev–Trinajstić information content (AvgIpc) is 2.45. The topological polar surface area (TPSA) is 56.1 Å². The fourth-order valence-corrected chi connectivity index (χ4v) is 1.05. The SMILES string of the molecule is COc1nn(C)cc1NC(=O)[C@H](C)Br. The number of carbonyl (C=O) groups excluding carboxylic acids is 1. The maximum absolute atomic E-state index is 11.3. The molecule has 0 saturated carbocycles. The van der Waals surface area contributed by atoms with Crippen LogP contribution in [0.25, 0.3) is 0 Å². The molecule has 1 atom stereocenters. The Balaban J connectivity index is 2.80. The van der Waals surface area contributed by atoms with Gasteiger partial charge in [0.15, 0.2) is 0 Å². The second kappa shape index (κ2) is 4.45. The molecule has 1 heterocycles. The highest BCUT2D eigenvalue weighted by Crippen LogP contribution is 2.21.